The number of carbonyl (C=O) groups excluding carboxylic acids is 1. The summed E-state index contributed by atoms with van der Waals surface area (Å²) in [5, 5.41) is 12.4. The average Bonchev–Trinajstić information content (AvgIpc) is 2.79. The topological polar surface area (TPSA) is 49.3 Å². The molecule has 1 aromatic rings. The Hall–Kier alpha value is -0.580. The van der Waals surface area contributed by atoms with Gasteiger partial charge in [-0.25, -0.2) is 0 Å². The lowest BCUT2D eigenvalue weighted by atomic mass is 10.1. The van der Waals surface area contributed by atoms with Crippen molar-refractivity contribution in [3.63, 3.8) is 0 Å². The van der Waals surface area contributed by atoms with Gasteiger partial charge in [-0.1, -0.05) is 23.2 Å². The van der Waals surface area contributed by atoms with Crippen molar-refractivity contribution in [3.05, 3.63) is 22.2 Å². The van der Waals surface area contributed by atoms with Crippen LogP contribution in [0, 0.1) is 5.92 Å². The molecule has 6 heteroatoms. The van der Waals surface area contributed by atoms with E-state index in [-0.39, 0.29) is 27.6 Å². The molecule has 1 aliphatic heterocycles. The molecule has 0 bridgehead atoms. The fraction of sp³-hybridized carbons (Fsp3) is 0.364. The summed E-state index contributed by atoms with van der Waals surface area (Å²) in [6, 6.07) is 2.98. The summed E-state index contributed by atoms with van der Waals surface area (Å²) in [5.41, 5.74) is 0.514. The Balaban J connectivity index is 2.10. The molecule has 3 nitrogen and oxygen atoms in total. The van der Waals surface area contributed by atoms with Gasteiger partial charge in [0.15, 0.2) is 5.75 Å². The number of phenolic OH excluding ortho intramolecular Hbond substituents is 1. The minimum Gasteiger partial charge on any atom is -0.505 e. The standard InChI is InChI=1S/C11H11Cl2NO2S/c12-8-3-7(4-9(13)10(8)15)14-11(16)6-1-2-17-5-6/h3-4,6,15H,1-2,5H2,(H,14,16). The Morgan fingerprint density at radius 1 is 1.41 bits per heavy atom. The minimum absolute atomic E-state index is 0.0205. The fourth-order valence-electron chi connectivity index (χ4n) is 1.62. The first kappa shape index (κ1) is 12.9. The highest BCUT2D eigenvalue weighted by molar-refractivity contribution is 7.99. The van der Waals surface area contributed by atoms with E-state index < -0.39 is 0 Å². The Kier molecular flexibility index (Phi) is 4.07. The van der Waals surface area contributed by atoms with Crippen LogP contribution in [-0.4, -0.2) is 22.5 Å². The maximum absolute atomic E-state index is 11.8. The van der Waals surface area contributed by atoms with E-state index in [1.165, 1.54) is 12.1 Å². The molecule has 0 aliphatic carbocycles. The lowest BCUT2D eigenvalue weighted by Crippen LogP contribution is -2.22. The number of hydrogen-bond donors (Lipinski definition) is 2. The van der Waals surface area contributed by atoms with Gasteiger partial charge in [0.1, 0.15) is 0 Å². The predicted molar refractivity (Wildman–Crippen MR) is 72.2 cm³/mol. The molecule has 1 aliphatic rings. The first-order chi connectivity index (χ1) is 8.08. The minimum atomic E-state index is -0.164. The van der Waals surface area contributed by atoms with Crippen molar-refractivity contribution in [3.8, 4) is 5.75 Å². The first-order valence-electron chi connectivity index (χ1n) is 5.14. The van der Waals surface area contributed by atoms with Crippen molar-refractivity contribution >= 4 is 46.6 Å². The van der Waals surface area contributed by atoms with Crippen molar-refractivity contribution in [2.24, 2.45) is 5.92 Å². The average molecular weight is 292 g/mol. The van der Waals surface area contributed by atoms with E-state index in [0.717, 1.165) is 17.9 Å². The molecule has 0 saturated carbocycles. The molecule has 92 valence electrons. The Morgan fingerprint density at radius 3 is 2.59 bits per heavy atom. The van der Waals surface area contributed by atoms with Gasteiger partial charge < -0.3 is 10.4 Å². The summed E-state index contributed by atoms with van der Waals surface area (Å²) >= 11 is 13.3. The Bertz CT molecular complexity index is 424. The van der Waals surface area contributed by atoms with Crippen LogP contribution >= 0.6 is 35.0 Å². The van der Waals surface area contributed by atoms with Gasteiger partial charge in [-0.2, -0.15) is 11.8 Å². The summed E-state index contributed by atoms with van der Waals surface area (Å²) in [6.45, 7) is 0. The van der Waals surface area contributed by atoms with E-state index in [1.54, 1.807) is 11.8 Å². The number of carbonyl (C=O) groups is 1. The van der Waals surface area contributed by atoms with Crippen LogP contribution in [0.25, 0.3) is 0 Å². The van der Waals surface area contributed by atoms with E-state index in [4.69, 9.17) is 23.2 Å². The highest BCUT2D eigenvalue weighted by Gasteiger charge is 2.23. The molecular formula is C11H11Cl2NO2S. The number of halogens is 2. The van der Waals surface area contributed by atoms with E-state index in [2.05, 4.69) is 5.32 Å². The van der Waals surface area contributed by atoms with Crippen molar-refractivity contribution in [1.82, 2.24) is 0 Å². The molecular weight excluding hydrogens is 281 g/mol. The Morgan fingerprint density at radius 2 is 2.06 bits per heavy atom. The van der Waals surface area contributed by atoms with Crippen LogP contribution < -0.4 is 5.32 Å². The van der Waals surface area contributed by atoms with E-state index in [9.17, 15) is 9.90 Å². The Labute approximate surface area is 113 Å². The molecule has 1 unspecified atom stereocenters. The second kappa shape index (κ2) is 5.38. The number of phenols is 1. The fourth-order valence-corrected chi connectivity index (χ4v) is 3.33. The summed E-state index contributed by atoms with van der Waals surface area (Å²) < 4.78 is 0. The van der Waals surface area contributed by atoms with Crippen molar-refractivity contribution in [1.29, 1.82) is 0 Å². The molecule has 1 atom stereocenters. The van der Waals surface area contributed by atoms with E-state index in [0.29, 0.717) is 5.69 Å². The molecule has 1 amide bonds. The number of rotatable bonds is 2. The lowest BCUT2D eigenvalue weighted by Gasteiger charge is -2.11. The van der Waals surface area contributed by atoms with Gasteiger partial charge in [0.2, 0.25) is 5.91 Å². The van der Waals surface area contributed by atoms with Gasteiger partial charge in [0.05, 0.1) is 10.0 Å². The van der Waals surface area contributed by atoms with Gasteiger partial charge in [-0.15, -0.1) is 0 Å². The monoisotopic (exact) mass is 291 g/mol. The third-order valence-electron chi connectivity index (χ3n) is 2.58. The van der Waals surface area contributed by atoms with Gasteiger partial charge in [0, 0.05) is 17.4 Å². The normalized spacial score (nSPS) is 19.3. The number of nitrogens with one attached hydrogen (secondary N) is 1. The van der Waals surface area contributed by atoms with Gasteiger partial charge >= 0.3 is 0 Å². The summed E-state index contributed by atoms with van der Waals surface area (Å²) in [5.74, 6) is 1.74. The molecule has 17 heavy (non-hydrogen) atoms. The lowest BCUT2D eigenvalue weighted by molar-refractivity contribution is -0.119. The molecule has 0 radical (unpaired) electrons. The smallest absolute Gasteiger partial charge is 0.228 e. The van der Waals surface area contributed by atoms with Crippen molar-refractivity contribution in [2.75, 3.05) is 16.8 Å². The number of thioether (sulfide) groups is 1. The van der Waals surface area contributed by atoms with Crippen LogP contribution in [0.2, 0.25) is 10.0 Å². The highest BCUT2D eigenvalue weighted by Crippen LogP contribution is 2.35. The molecule has 0 spiro atoms. The summed E-state index contributed by atoms with van der Waals surface area (Å²) in [6.07, 6.45) is 0.899. The van der Waals surface area contributed by atoms with Gasteiger partial charge in [-0.05, 0) is 24.3 Å². The SMILES string of the molecule is O=C(Nc1cc(Cl)c(O)c(Cl)c1)C1CCSC1. The van der Waals surface area contributed by atoms with Crippen LogP contribution in [0.1, 0.15) is 6.42 Å². The molecule has 1 heterocycles. The molecule has 1 fully saturated rings. The van der Waals surface area contributed by atoms with E-state index >= 15 is 0 Å². The predicted octanol–water partition coefficient (Wildman–Crippen LogP) is 3.39. The molecule has 1 aromatic carbocycles. The van der Waals surface area contributed by atoms with Crippen molar-refractivity contribution < 1.29 is 9.90 Å². The van der Waals surface area contributed by atoms with Crippen LogP contribution in [-0.2, 0) is 4.79 Å². The molecule has 0 aromatic heterocycles. The second-order valence-electron chi connectivity index (χ2n) is 3.84. The van der Waals surface area contributed by atoms with Crippen LogP contribution in [0.3, 0.4) is 0 Å². The maximum atomic E-state index is 11.8. The van der Waals surface area contributed by atoms with Crippen LogP contribution in [0.15, 0.2) is 12.1 Å². The first-order valence-corrected chi connectivity index (χ1v) is 7.05. The largest absolute Gasteiger partial charge is 0.505 e. The number of hydrogen-bond acceptors (Lipinski definition) is 3. The van der Waals surface area contributed by atoms with Crippen LogP contribution in [0.5, 0.6) is 5.75 Å². The zero-order valence-corrected chi connectivity index (χ0v) is 11.2. The highest BCUT2D eigenvalue weighted by atomic mass is 35.5. The zero-order chi connectivity index (χ0) is 12.4. The quantitative estimate of drug-likeness (QED) is 0.821. The number of benzene rings is 1. The van der Waals surface area contributed by atoms with Gasteiger partial charge in [0.25, 0.3) is 0 Å². The summed E-state index contributed by atoms with van der Waals surface area (Å²) in [7, 11) is 0. The number of amides is 1. The molecule has 2 rings (SSSR count). The second-order valence-corrected chi connectivity index (χ2v) is 5.80. The maximum Gasteiger partial charge on any atom is 0.228 e. The third-order valence-corrected chi connectivity index (χ3v) is 4.32. The van der Waals surface area contributed by atoms with Gasteiger partial charge in [-0.3, -0.25) is 4.79 Å². The van der Waals surface area contributed by atoms with Crippen LogP contribution in [0.4, 0.5) is 5.69 Å². The number of anilines is 1. The van der Waals surface area contributed by atoms with E-state index in [1.807, 2.05) is 0 Å². The molecule has 1 saturated heterocycles. The number of aromatic hydroxyl groups is 1. The third kappa shape index (κ3) is 3.00. The van der Waals surface area contributed by atoms with Crippen molar-refractivity contribution in [2.45, 2.75) is 6.42 Å². The summed E-state index contributed by atoms with van der Waals surface area (Å²) in [4.78, 5) is 11.8. The molecule has 2 N–H and O–H groups in total. The zero-order valence-electron chi connectivity index (χ0n) is 8.87.